The molecule has 1 N–H and O–H groups in total. The lowest BCUT2D eigenvalue weighted by molar-refractivity contribution is -0.141. The van der Waals surface area contributed by atoms with Crippen molar-refractivity contribution in [2.45, 2.75) is 6.92 Å². The topological polar surface area (TPSA) is 77.9 Å². The summed E-state index contributed by atoms with van der Waals surface area (Å²) in [5.41, 5.74) is 0.920. The molecule has 0 bridgehead atoms. The molecular weight excluding hydrogens is 272 g/mol. The van der Waals surface area contributed by atoms with Crippen molar-refractivity contribution < 1.29 is 19.5 Å². The van der Waals surface area contributed by atoms with E-state index in [9.17, 15) is 14.4 Å². The van der Waals surface area contributed by atoms with E-state index in [1.54, 1.807) is 52.3 Å². The second-order valence-electron chi connectivity index (χ2n) is 5.20. The maximum Gasteiger partial charge on any atom is 0.308 e. The zero-order chi connectivity index (χ0) is 16.2. The third kappa shape index (κ3) is 4.30. The third-order valence-corrected chi connectivity index (χ3v) is 3.10. The van der Waals surface area contributed by atoms with E-state index in [0.29, 0.717) is 11.1 Å². The van der Waals surface area contributed by atoms with Crippen LogP contribution in [0.2, 0.25) is 0 Å². The first-order valence-electron chi connectivity index (χ1n) is 6.54. The highest BCUT2D eigenvalue weighted by Gasteiger charge is 2.19. The van der Waals surface area contributed by atoms with Gasteiger partial charge < -0.3 is 14.9 Å². The monoisotopic (exact) mass is 292 g/mol. The van der Waals surface area contributed by atoms with Gasteiger partial charge in [-0.1, -0.05) is 6.92 Å². The number of benzene rings is 1. The number of nitrogens with zero attached hydrogens (tertiary/aromatic N) is 2. The largest absolute Gasteiger partial charge is 0.481 e. The number of amides is 2. The maximum absolute atomic E-state index is 12.2. The lowest BCUT2D eigenvalue weighted by Crippen LogP contribution is -2.33. The van der Waals surface area contributed by atoms with Crippen molar-refractivity contribution in [3.63, 3.8) is 0 Å². The Kier molecular flexibility index (Phi) is 5.46. The fourth-order valence-corrected chi connectivity index (χ4v) is 1.81. The van der Waals surface area contributed by atoms with Crippen molar-refractivity contribution in [2.24, 2.45) is 5.92 Å². The average molecular weight is 292 g/mol. The number of carbonyl (C=O) groups excluding carboxylic acids is 2. The summed E-state index contributed by atoms with van der Waals surface area (Å²) in [6.07, 6.45) is 0. The predicted octanol–water partition coefficient (Wildman–Crippen LogP) is 1.18. The number of aliphatic carboxylic acids is 1. The predicted molar refractivity (Wildman–Crippen MR) is 78.2 cm³/mol. The van der Waals surface area contributed by atoms with Gasteiger partial charge in [-0.15, -0.1) is 0 Å². The van der Waals surface area contributed by atoms with Gasteiger partial charge in [-0.05, 0) is 24.3 Å². The standard InChI is InChI=1S/C15H20N2O4/c1-10(15(20)21)9-17(4)14(19)12-7-5-11(6-8-12)13(18)16(2)3/h5-8,10H,9H2,1-4H3,(H,20,21). The molecule has 1 unspecified atom stereocenters. The minimum absolute atomic E-state index is 0.131. The lowest BCUT2D eigenvalue weighted by Gasteiger charge is -2.19. The van der Waals surface area contributed by atoms with Gasteiger partial charge in [0.15, 0.2) is 0 Å². The van der Waals surface area contributed by atoms with Crippen molar-refractivity contribution in [2.75, 3.05) is 27.7 Å². The van der Waals surface area contributed by atoms with Gasteiger partial charge in [0.05, 0.1) is 5.92 Å². The van der Waals surface area contributed by atoms with Crippen molar-refractivity contribution in [3.8, 4) is 0 Å². The van der Waals surface area contributed by atoms with Crippen LogP contribution in [0.25, 0.3) is 0 Å². The average Bonchev–Trinajstić information content (AvgIpc) is 2.45. The third-order valence-electron chi connectivity index (χ3n) is 3.10. The highest BCUT2D eigenvalue weighted by atomic mass is 16.4. The SMILES string of the molecule is CC(CN(C)C(=O)c1ccc(C(=O)N(C)C)cc1)C(=O)O. The first-order chi connectivity index (χ1) is 9.73. The molecule has 1 rings (SSSR count). The Morgan fingerprint density at radius 2 is 1.43 bits per heavy atom. The van der Waals surface area contributed by atoms with E-state index >= 15 is 0 Å². The number of hydrogen-bond donors (Lipinski definition) is 1. The van der Waals surface area contributed by atoms with Crippen LogP contribution in [0.3, 0.4) is 0 Å². The van der Waals surface area contributed by atoms with E-state index in [0.717, 1.165) is 0 Å². The second-order valence-corrected chi connectivity index (χ2v) is 5.20. The minimum atomic E-state index is -0.943. The van der Waals surface area contributed by atoms with E-state index < -0.39 is 11.9 Å². The molecule has 1 aromatic carbocycles. The fraction of sp³-hybridized carbons (Fsp3) is 0.400. The van der Waals surface area contributed by atoms with Crippen LogP contribution >= 0.6 is 0 Å². The van der Waals surface area contributed by atoms with Gasteiger partial charge in [0, 0.05) is 38.8 Å². The van der Waals surface area contributed by atoms with Crippen LogP contribution in [-0.4, -0.2) is 60.4 Å². The van der Waals surface area contributed by atoms with Crippen LogP contribution in [0.4, 0.5) is 0 Å². The lowest BCUT2D eigenvalue weighted by atomic mass is 10.1. The minimum Gasteiger partial charge on any atom is -0.481 e. The van der Waals surface area contributed by atoms with Crippen LogP contribution in [0.15, 0.2) is 24.3 Å². The number of carboxylic acid groups (broad SMARTS) is 1. The van der Waals surface area contributed by atoms with E-state index in [-0.39, 0.29) is 18.4 Å². The van der Waals surface area contributed by atoms with Gasteiger partial charge >= 0.3 is 5.97 Å². The molecule has 1 atom stereocenters. The fourth-order valence-electron chi connectivity index (χ4n) is 1.81. The summed E-state index contributed by atoms with van der Waals surface area (Å²) in [7, 11) is 4.87. The Hall–Kier alpha value is -2.37. The van der Waals surface area contributed by atoms with Crippen LogP contribution in [0.1, 0.15) is 27.6 Å². The Balaban J connectivity index is 2.79. The number of carbonyl (C=O) groups is 3. The smallest absolute Gasteiger partial charge is 0.308 e. The molecule has 0 spiro atoms. The van der Waals surface area contributed by atoms with Crippen molar-refractivity contribution in [1.29, 1.82) is 0 Å². The number of carboxylic acids is 1. The van der Waals surface area contributed by atoms with E-state index in [2.05, 4.69) is 0 Å². The molecule has 6 nitrogen and oxygen atoms in total. The van der Waals surface area contributed by atoms with Gasteiger partial charge in [0.25, 0.3) is 11.8 Å². The molecule has 0 aromatic heterocycles. The second kappa shape index (κ2) is 6.88. The molecule has 0 aliphatic heterocycles. The first-order valence-corrected chi connectivity index (χ1v) is 6.54. The first kappa shape index (κ1) is 16.7. The van der Waals surface area contributed by atoms with Gasteiger partial charge in [-0.2, -0.15) is 0 Å². The maximum atomic E-state index is 12.2. The zero-order valence-electron chi connectivity index (χ0n) is 12.7. The normalized spacial score (nSPS) is 11.6. The molecule has 6 heteroatoms. The Morgan fingerprint density at radius 3 is 1.81 bits per heavy atom. The van der Waals surface area contributed by atoms with E-state index in [1.165, 1.54) is 9.80 Å². The van der Waals surface area contributed by atoms with Crippen molar-refractivity contribution >= 4 is 17.8 Å². The van der Waals surface area contributed by atoms with Gasteiger partial charge in [-0.3, -0.25) is 14.4 Å². The summed E-state index contributed by atoms with van der Waals surface area (Å²) in [4.78, 5) is 37.5. The number of rotatable bonds is 5. The summed E-state index contributed by atoms with van der Waals surface area (Å²) in [5.74, 6) is -1.98. The summed E-state index contributed by atoms with van der Waals surface area (Å²) < 4.78 is 0. The molecule has 0 saturated carbocycles. The molecule has 114 valence electrons. The Bertz CT molecular complexity index is 537. The van der Waals surface area contributed by atoms with E-state index in [1.807, 2.05) is 0 Å². The molecular formula is C15H20N2O4. The van der Waals surface area contributed by atoms with Crippen LogP contribution in [0, 0.1) is 5.92 Å². The molecule has 0 aliphatic rings. The quantitative estimate of drug-likeness (QED) is 0.884. The molecule has 0 saturated heterocycles. The zero-order valence-corrected chi connectivity index (χ0v) is 12.7. The van der Waals surface area contributed by atoms with Crippen LogP contribution in [-0.2, 0) is 4.79 Å². The Labute approximate surface area is 124 Å². The van der Waals surface area contributed by atoms with E-state index in [4.69, 9.17) is 5.11 Å². The molecule has 2 amide bonds. The van der Waals surface area contributed by atoms with Crippen molar-refractivity contribution in [1.82, 2.24) is 9.80 Å². The van der Waals surface area contributed by atoms with Crippen LogP contribution in [0.5, 0.6) is 0 Å². The van der Waals surface area contributed by atoms with Crippen molar-refractivity contribution in [3.05, 3.63) is 35.4 Å². The molecule has 0 aliphatic carbocycles. The summed E-state index contributed by atoms with van der Waals surface area (Å²) >= 11 is 0. The van der Waals surface area contributed by atoms with Crippen LogP contribution < -0.4 is 0 Å². The Morgan fingerprint density at radius 1 is 1.00 bits per heavy atom. The molecule has 1 aromatic rings. The van der Waals surface area contributed by atoms with Gasteiger partial charge in [0.1, 0.15) is 0 Å². The number of hydrogen-bond acceptors (Lipinski definition) is 3. The van der Waals surface area contributed by atoms with Gasteiger partial charge in [-0.25, -0.2) is 0 Å². The summed E-state index contributed by atoms with van der Waals surface area (Å²) in [6, 6.07) is 6.32. The molecule has 21 heavy (non-hydrogen) atoms. The molecule has 0 heterocycles. The molecule has 0 fully saturated rings. The summed E-state index contributed by atoms with van der Waals surface area (Å²) in [5, 5.41) is 8.85. The molecule has 0 radical (unpaired) electrons. The highest BCUT2D eigenvalue weighted by Crippen LogP contribution is 2.10. The summed E-state index contributed by atoms with van der Waals surface area (Å²) in [6.45, 7) is 1.68. The highest BCUT2D eigenvalue weighted by molar-refractivity contribution is 5.97. The van der Waals surface area contributed by atoms with Gasteiger partial charge in [0.2, 0.25) is 0 Å².